The highest BCUT2D eigenvalue weighted by Crippen LogP contribution is 2.23. The van der Waals surface area contributed by atoms with Gasteiger partial charge in [-0.3, -0.25) is 0 Å². The van der Waals surface area contributed by atoms with E-state index in [0.29, 0.717) is 0 Å². The standard InChI is InChI=1S/C12H12ClN/c1-9-6-7-12(14(9)2)10-4-3-5-11(13)8-10/h3-8H,1-2H3. The Bertz CT molecular complexity index is 457. The molecule has 14 heavy (non-hydrogen) atoms. The maximum Gasteiger partial charge on any atom is 0.0480 e. The molecule has 72 valence electrons. The van der Waals surface area contributed by atoms with Crippen molar-refractivity contribution in [3.63, 3.8) is 0 Å². The average Bonchev–Trinajstić information content (AvgIpc) is 2.48. The summed E-state index contributed by atoms with van der Waals surface area (Å²) in [5, 5.41) is 0.779. The van der Waals surface area contributed by atoms with Gasteiger partial charge in [-0.2, -0.15) is 0 Å². The molecular formula is C12H12ClN. The molecule has 0 atom stereocenters. The SMILES string of the molecule is Cc1ccc(-c2cccc(Cl)c2)n1C. The first-order valence-electron chi connectivity index (χ1n) is 4.57. The molecule has 0 bridgehead atoms. The van der Waals surface area contributed by atoms with Crippen molar-refractivity contribution in [2.75, 3.05) is 0 Å². The van der Waals surface area contributed by atoms with E-state index in [9.17, 15) is 0 Å². The second kappa shape index (κ2) is 3.50. The second-order valence-corrected chi connectivity index (χ2v) is 3.87. The summed E-state index contributed by atoms with van der Waals surface area (Å²) in [5.74, 6) is 0. The summed E-state index contributed by atoms with van der Waals surface area (Å²) in [4.78, 5) is 0. The Balaban J connectivity index is 2.55. The topological polar surface area (TPSA) is 4.93 Å². The Kier molecular flexibility index (Phi) is 2.34. The molecular weight excluding hydrogens is 194 g/mol. The number of nitrogens with zero attached hydrogens (tertiary/aromatic N) is 1. The summed E-state index contributed by atoms with van der Waals surface area (Å²) in [6.45, 7) is 2.09. The summed E-state index contributed by atoms with van der Waals surface area (Å²) in [6.07, 6.45) is 0. The van der Waals surface area contributed by atoms with Crippen molar-refractivity contribution in [1.29, 1.82) is 0 Å². The number of halogens is 1. The van der Waals surface area contributed by atoms with Crippen LogP contribution in [-0.4, -0.2) is 4.57 Å². The van der Waals surface area contributed by atoms with E-state index in [2.05, 4.69) is 36.7 Å². The van der Waals surface area contributed by atoms with Gasteiger partial charge in [-0.15, -0.1) is 0 Å². The molecule has 0 spiro atoms. The highest BCUT2D eigenvalue weighted by Gasteiger charge is 2.03. The summed E-state index contributed by atoms with van der Waals surface area (Å²) < 4.78 is 2.16. The summed E-state index contributed by atoms with van der Waals surface area (Å²) in [6, 6.07) is 12.1. The van der Waals surface area contributed by atoms with Gasteiger partial charge in [-0.25, -0.2) is 0 Å². The molecule has 0 unspecified atom stereocenters. The smallest absolute Gasteiger partial charge is 0.0480 e. The maximum absolute atomic E-state index is 5.94. The predicted octanol–water partition coefficient (Wildman–Crippen LogP) is 3.65. The Morgan fingerprint density at radius 3 is 2.50 bits per heavy atom. The number of aryl methyl sites for hydroxylation is 1. The van der Waals surface area contributed by atoms with E-state index in [1.807, 2.05) is 18.2 Å². The minimum atomic E-state index is 0.779. The average molecular weight is 206 g/mol. The monoisotopic (exact) mass is 205 g/mol. The van der Waals surface area contributed by atoms with E-state index in [1.165, 1.54) is 11.4 Å². The maximum atomic E-state index is 5.94. The van der Waals surface area contributed by atoms with E-state index in [-0.39, 0.29) is 0 Å². The fourth-order valence-electron chi connectivity index (χ4n) is 1.55. The van der Waals surface area contributed by atoms with Crippen LogP contribution in [0.25, 0.3) is 11.3 Å². The van der Waals surface area contributed by atoms with Gasteiger partial charge in [-0.1, -0.05) is 23.7 Å². The van der Waals surface area contributed by atoms with Crippen LogP contribution in [0.2, 0.25) is 5.02 Å². The molecule has 0 fully saturated rings. The highest BCUT2D eigenvalue weighted by atomic mass is 35.5. The molecule has 1 aromatic carbocycles. The minimum Gasteiger partial charge on any atom is -0.348 e. The third kappa shape index (κ3) is 1.55. The largest absolute Gasteiger partial charge is 0.348 e. The van der Waals surface area contributed by atoms with Crippen molar-refractivity contribution in [3.8, 4) is 11.3 Å². The first-order chi connectivity index (χ1) is 6.68. The summed E-state index contributed by atoms with van der Waals surface area (Å²) >= 11 is 5.94. The summed E-state index contributed by atoms with van der Waals surface area (Å²) in [7, 11) is 2.06. The molecule has 1 heterocycles. The van der Waals surface area contributed by atoms with Crippen molar-refractivity contribution in [1.82, 2.24) is 4.57 Å². The summed E-state index contributed by atoms with van der Waals surface area (Å²) in [5.41, 5.74) is 3.61. The van der Waals surface area contributed by atoms with Crippen LogP contribution in [0.15, 0.2) is 36.4 Å². The van der Waals surface area contributed by atoms with Gasteiger partial charge in [0, 0.05) is 23.5 Å². The number of rotatable bonds is 1. The molecule has 0 amide bonds. The zero-order chi connectivity index (χ0) is 10.1. The van der Waals surface area contributed by atoms with Crippen LogP contribution in [0.4, 0.5) is 0 Å². The van der Waals surface area contributed by atoms with Crippen LogP contribution in [-0.2, 0) is 7.05 Å². The Morgan fingerprint density at radius 2 is 1.93 bits per heavy atom. The third-order valence-electron chi connectivity index (χ3n) is 2.49. The van der Waals surface area contributed by atoms with Crippen molar-refractivity contribution in [2.24, 2.45) is 7.05 Å². The van der Waals surface area contributed by atoms with Gasteiger partial charge in [0.2, 0.25) is 0 Å². The molecule has 2 heteroatoms. The fourth-order valence-corrected chi connectivity index (χ4v) is 1.74. The molecule has 0 aliphatic heterocycles. The Labute approximate surface area is 88.9 Å². The van der Waals surface area contributed by atoms with Gasteiger partial charge in [0.05, 0.1) is 0 Å². The lowest BCUT2D eigenvalue weighted by molar-refractivity contribution is 0.891. The molecule has 0 N–H and O–H groups in total. The quantitative estimate of drug-likeness (QED) is 0.670. The molecule has 0 saturated carbocycles. The Morgan fingerprint density at radius 1 is 1.14 bits per heavy atom. The van der Waals surface area contributed by atoms with Gasteiger partial charge >= 0.3 is 0 Å². The number of benzene rings is 1. The molecule has 0 radical (unpaired) electrons. The molecule has 1 aromatic heterocycles. The number of aromatic nitrogens is 1. The van der Waals surface area contributed by atoms with Gasteiger partial charge in [0.15, 0.2) is 0 Å². The zero-order valence-corrected chi connectivity index (χ0v) is 9.05. The van der Waals surface area contributed by atoms with Crippen molar-refractivity contribution in [2.45, 2.75) is 6.92 Å². The van der Waals surface area contributed by atoms with Crippen LogP contribution >= 0.6 is 11.6 Å². The van der Waals surface area contributed by atoms with Crippen LogP contribution in [0.3, 0.4) is 0 Å². The van der Waals surface area contributed by atoms with Gasteiger partial charge < -0.3 is 4.57 Å². The van der Waals surface area contributed by atoms with E-state index in [4.69, 9.17) is 11.6 Å². The number of hydrogen-bond acceptors (Lipinski definition) is 0. The lowest BCUT2D eigenvalue weighted by Gasteiger charge is -2.05. The van der Waals surface area contributed by atoms with Crippen molar-refractivity contribution >= 4 is 11.6 Å². The first-order valence-corrected chi connectivity index (χ1v) is 4.94. The van der Waals surface area contributed by atoms with E-state index in [1.54, 1.807) is 0 Å². The molecule has 0 aliphatic rings. The zero-order valence-electron chi connectivity index (χ0n) is 8.29. The fraction of sp³-hybridized carbons (Fsp3) is 0.167. The van der Waals surface area contributed by atoms with Gasteiger partial charge in [0.1, 0.15) is 0 Å². The lowest BCUT2D eigenvalue weighted by Crippen LogP contribution is -1.93. The lowest BCUT2D eigenvalue weighted by atomic mass is 10.1. The Hall–Kier alpha value is -1.21. The molecule has 2 aromatic rings. The number of hydrogen-bond donors (Lipinski definition) is 0. The molecule has 0 saturated heterocycles. The first kappa shape index (κ1) is 9.35. The van der Waals surface area contributed by atoms with Crippen molar-refractivity contribution in [3.05, 3.63) is 47.1 Å². The normalized spacial score (nSPS) is 10.5. The minimum absolute atomic E-state index is 0.779. The van der Waals surface area contributed by atoms with Crippen LogP contribution < -0.4 is 0 Å². The van der Waals surface area contributed by atoms with Gasteiger partial charge in [-0.05, 0) is 36.8 Å². The highest BCUT2D eigenvalue weighted by molar-refractivity contribution is 6.30. The molecule has 0 aliphatic carbocycles. The van der Waals surface area contributed by atoms with E-state index in [0.717, 1.165) is 10.6 Å². The predicted molar refractivity (Wildman–Crippen MR) is 60.6 cm³/mol. The van der Waals surface area contributed by atoms with Crippen LogP contribution in [0.5, 0.6) is 0 Å². The van der Waals surface area contributed by atoms with E-state index >= 15 is 0 Å². The third-order valence-corrected chi connectivity index (χ3v) is 2.73. The van der Waals surface area contributed by atoms with Crippen LogP contribution in [0.1, 0.15) is 5.69 Å². The van der Waals surface area contributed by atoms with Crippen LogP contribution in [0, 0.1) is 6.92 Å². The van der Waals surface area contributed by atoms with Crippen molar-refractivity contribution < 1.29 is 0 Å². The molecule has 1 nitrogen and oxygen atoms in total. The van der Waals surface area contributed by atoms with Gasteiger partial charge in [0.25, 0.3) is 0 Å². The second-order valence-electron chi connectivity index (χ2n) is 3.43. The molecule has 2 rings (SSSR count). The van der Waals surface area contributed by atoms with E-state index < -0.39 is 0 Å².